The number of aromatic nitrogens is 4. The molecule has 0 aromatic carbocycles. The van der Waals surface area contributed by atoms with E-state index in [2.05, 4.69) is 30.1 Å². The first-order valence-corrected chi connectivity index (χ1v) is 7.63. The van der Waals surface area contributed by atoms with Crippen molar-refractivity contribution < 1.29 is 4.74 Å². The average Bonchev–Trinajstić information content (AvgIpc) is 2.90. The van der Waals surface area contributed by atoms with E-state index in [9.17, 15) is 0 Å². The largest absolute Gasteiger partial charge is 0.378 e. The molecule has 0 spiro atoms. The van der Waals surface area contributed by atoms with Gasteiger partial charge in [0, 0.05) is 26.7 Å². The lowest BCUT2D eigenvalue weighted by atomic mass is 10.4. The number of nitrogens with zero attached hydrogens (tertiary/aromatic N) is 7. The van der Waals surface area contributed by atoms with Gasteiger partial charge in [-0.15, -0.1) is 0 Å². The summed E-state index contributed by atoms with van der Waals surface area (Å²) in [5.41, 5.74) is 1.50. The molecule has 3 rings (SSSR count). The maximum atomic E-state index is 6.12. The fourth-order valence-electron chi connectivity index (χ4n) is 2.59. The molecule has 22 heavy (non-hydrogen) atoms. The molecule has 2 aromatic heterocycles. The lowest BCUT2D eigenvalue weighted by molar-refractivity contribution is 0.122. The Bertz CT molecular complexity index is 693. The van der Waals surface area contributed by atoms with Crippen LogP contribution in [-0.2, 0) is 17.8 Å². The molecule has 0 aliphatic carbocycles. The second-order valence-corrected chi connectivity index (χ2v) is 5.20. The van der Waals surface area contributed by atoms with Crippen molar-refractivity contribution in [2.24, 2.45) is 10.2 Å². The summed E-state index contributed by atoms with van der Waals surface area (Å²) in [4.78, 5) is 15.6. The van der Waals surface area contributed by atoms with E-state index in [0.29, 0.717) is 19.8 Å². The Morgan fingerprint density at radius 1 is 1.23 bits per heavy atom. The van der Waals surface area contributed by atoms with E-state index in [4.69, 9.17) is 16.3 Å². The second kappa shape index (κ2) is 6.53. The first kappa shape index (κ1) is 15.1. The zero-order valence-electron chi connectivity index (χ0n) is 12.7. The lowest BCUT2D eigenvalue weighted by Crippen LogP contribution is -2.37. The predicted molar refractivity (Wildman–Crippen MR) is 83.5 cm³/mol. The van der Waals surface area contributed by atoms with Gasteiger partial charge in [0.2, 0.25) is 5.28 Å². The van der Waals surface area contributed by atoms with E-state index in [1.54, 1.807) is 7.05 Å². The number of rotatable bonds is 4. The van der Waals surface area contributed by atoms with Gasteiger partial charge < -0.3 is 14.2 Å². The van der Waals surface area contributed by atoms with Gasteiger partial charge in [0.1, 0.15) is 12.4 Å². The number of morpholine rings is 1. The number of hydrogen-bond acceptors (Lipinski definition) is 7. The Morgan fingerprint density at radius 3 is 2.68 bits per heavy atom. The van der Waals surface area contributed by atoms with Crippen LogP contribution in [0.15, 0.2) is 10.2 Å². The SMILES string of the molecule is CCn1c(CN=NC)nc2c(N3CCOCC3)nc(Cl)nc21. The maximum Gasteiger partial charge on any atom is 0.226 e. The molecule has 0 radical (unpaired) electrons. The normalized spacial score (nSPS) is 16.0. The third-order valence-electron chi connectivity index (χ3n) is 3.61. The van der Waals surface area contributed by atoms with Gasteiger partial charge in [-0.05, 0) is 18.5 Å². The Hall–Kier alpha value is -1.80. The van der Waals surface area contributed by atoms with Crippen molar-refractivity contribution in [1.82, 2.24) is 19.5 Å². The molecule has 0 bridgehead atoms. The number of anilines is 1. The number of fused-ring (bicyclic) bond motifs is 1. The minimum absolute atomic E-state index is 0.229. The van der Waals surface area contributed by atoms with Gasteiger partial charge in [0.25, 0.3) is 0 Å². The van der Waals surface area contributed by atoms with Crippen molar-refractivity contribution in [2.45, 2.75) is 20.0 Å². The van der Waals surface area contributed by atoms with Crippen LogP contribution in [0, 0.1) is 0 Å². The molecule has 0 saturated carbocycles. The molecular formula is C13H18ClN7O. The van der Waals surface area contributed by atoms with Crippen molar-refractivity contribution in [1.29, 1.82) is 0 Å². The molecule has 0 amide bonds. The summed E-state index contributed by atoms with van der Waals surface area (Å²) in [5, 5.41) is 8.06. The van der Waals surface area contributed by atoms with Crippen LogP contribution in [0.2, 0.25) is 5.28 Å². The van der Waals surface area contributed by atoms with Crippen molar-refractivity contribution in [3.05, 3.63) is 11.1 Å². The quantitative estimate of drug-likeness (QED) is 0.634. The van der Waals surface area contributed by atoms with Crippen LogP contribution < -0.4 is 4.90 Å². The van der Waals surface area contributed by atoms with Gasteiger partial charge >= 0.3 is 0 Å². The molecule has 0 atom stereocenters. The van der Waals surface area contributed by atoms with E-state index < -0.39 is 0 Å². The molecule has 1 fully saturated rings. The van der Waals surface area contributed by atoms with E-state index >= 15 is 0 Å². The predicted octanol–water partition coefficient (Wildman–Crippen LogP) is 1.92. The van der Waals surface area contributed by atoms with Crippen LogP contribution in [0.25, 0.3) is 11.2 Å². The lowest BCUT2D eigenvalue weighted by Gasteiger charge is -2.27. The highest BCUT2D eigenvalue weighted by Gasteiger charge is 2.22. The van der Waals surface area contributed by atoms with Gasteiger partial charge in [-0.3, -0.25) is 0 Å². The monoisotopic (exact) mass is 323 g/mol. The van der Waals surface area contributed by atoms with Crippen LogP contribution >= 0.6 is 11.6 Å². The smallest absolute Gasteiger partial charge is 0.226 e. The molecule has 9 heteroatoms. The number of ether oxygens (including phenoxy) is 1. The fraction of sp³-hybridized carbons (Fsp3) is 0.615. The topological polar surface area (TPSA) is 80.8 Å². The zero-order valence-corrected chi connectivity index (χ0v) is 13.4. The van der Waals surface area contributed by atoms with Crippen LogP contribution in [0.3, 0.4) is 0 Å². The van der Waals surface area contributed by atoms with E-state index in [1.165, 1.54) is 0 Å². The Labute approximate surface area is 133 Å². The van der Waals surface area contributed by atoms with Gasteiger partial charge in [0.05, 0.1) is 13.2 Å². The molecule has 1 saturated heterocycles. The van der Waals surface area contributed by atoms with Crippen LogP contribution in [0.4, 0.5) is 5.82 Å². The number of aryl methyl sites for hydroxylation is 1. The Balaban J connectivity index is 2.13. The first-order valence-electron chi connectivity index (χ1n) is 7.25. The highest BCUT2D eigenvalue weighted by atomic mass is 35.5. The average molecular weight is 324 g/mol. The van der Waals surface area contributed by atoms with Crippen LogP contribution in [-0.4, -0.2) is 52.9 Å². The third kappa shape index (κ3) is 2.76. The molecule has 1 aliphatic rings. The minimum atomic E-state index is 0.229. The molecule has 8 nitrogen and oxygen atoms in total. The summed E-state index contributed by atoms with van der Waals surface area (Å²) in [6.07, 6.45) is 0. The minimum Gasteiger partial charge on any atom is -0.378 e. The van der Waals surface area contributed by atoms with E-state index in [0.717, 1.165) is 42.4 Å². The Morgan fingerprint density at radius 2 is 2.00 bits per heavy atom. The number of azo groups is 1. The van der Waals surface area contributed by atoms with Crippen molar-refractivity contribution in [2.75, 3.05) is 38.3 Å². The Kier molecular flexibility index (Phi) is 4.49. The highest BCUT2D eigenvalue weighted by molar-refractivity contribution is 6.28. The molecule has 3 heterocycles. The summed E-state index contributed by atoms with van der Waals surface area (Å²) in [6.45, 7) is 6.08. The molecule has 1 aliphatic heterocycles. The van der Waals surface area contributed by atoms with Crippen LogP contribution in [0.1, 0.15) is 12.7 Å². The maximum absolute atomic E-state index is 6.12. The molecule has 2 aromatic rings. The summed E-state index contributed by atoms with van der Waals surface area (Å²) < 4.78 is 7.40. The van der Waals surface area contributed by atoms with Gasteiger partial charge in [-0.2, -0.15) is 20.2 Å². The first-order chi connectivity index (χ1) is 10.7. The zero-order chi connectivity index (χ0) is 15.5. The summed E-state index contributed by atoms with van der Waals surface area (Å²) in [7, 11) is 1.65. The summed E-state index contributed by atoms with van der Waals surface area (Å²) in [6, 6.07) is 0. The van der Waals surface area contributed by atoms with E-state index in [-0.39, 0.29) is 5.28 Å². The molecule has 0 N–H and O–H groups in total. The standard InChI is InChI=1S/C13H18ClN7O/c1-3-21-9(8-16-15-2)17-10-11(18-13(14)19-12(10)21)20-4-6-22-7-5-20/h3-8H2,1-2H3. The number of hydrogen-bond donors (Lipinski definition) is 0. The highest BCUT2D eigenvalue weighted by Crippen LogP contribution is 2.27. The second-order valence-electron chi connectivity index (χ2n) is 4.86. The fourth-order valence-corrected chi connectivity index (χ4v) is 2.75. The molecular weight excluding hydrogens is 306 g/mol. The van der Waals surface area contributed by atoms with Crippen molar-refractivity contribution in [3.8, 4) is 0 Å². The van der Waals surface area contributed by atoms with Crippen LogP contribution in [0.5, 0.6) is 0 Å². The van der Waals surface area contributed by atoms with E-state index in [1.807, 2.05) is 11.5 Å². The van der Waals surface area contributed by atoms with Crippen molar-refractivity contribution in [3.63, 3.8) is 0 Å². The summed E-state index contributed by atoms with van der Waals surface area (Å²) in [5.74, 6) is 1.58. The number of imidazole rings is 1. The third-order valence-corrected chi connectivity index (χ3v) is 3.78. The summed E-state index contributed by atoms with van der Waals surface area (Å²) >= 11 is 6.12. The van der Waals surface area contributed by atoms with Crippen molar-refractivity contribution >= 4 is 28.6 Å². The molecule has 0 unspecified atom stereocenters. The number of halogens is 1. The van der Waals surface area contributed by atoms with Gasteiger partial charge in [0.15, 0.2) is 17.0 Å². The van der Waals surface area contributed by atoms with Gasteiger partial charge in [-0.25, -0.2) is 4.98 Å². The molecule has 118 valence electrons. The van der Waals surface area contributed by atoms with Gasteiger partial charge in [-0.1, -0.05) is 0 Å².